The SMILES string of the molecule is COC(=O)c1ccccc1NC(=O)c1cncc(Cl)n1. The van der Waals surface area contributed by atoms with E-state index in [0.29, 0.717) is 5.69 Å². The van der Waals surface area contributed by atoms with Crippen molar-refractivity contribution in [2.45, 2.75) is 0 Å². The lowest BCUT2D eigenvalue weighted by Crippen LogP contribution is -2.16. The molecule has 0 spiro atoms. The zero-order valence-electron chi connectivity index (χ0n) is 10.5. The number of benzene rings is 1. The van der Waals surface area contributed by atoms with Crippen molar-refractivity contribution < 1.29 is 14.3 Å². The van der Waals surface area contributed by atoms with Gasteiger partial charge in [-0.1, -0.05) is 23.7 Å². The van der Waals surface area contributed by atoms with Crippen LogP contribution < -0.4 is 5.32 Å². The Bertz CT molecular complexity index is 661. The molecule has 1 N–H and O–H groups in total. The average Bonchev–Trinajstić information content (AvgIpc) is 2.47. The lowest BCUT2D eigenvalue weighted by Gasteiger charge is -2.09. The first-order valence-electron chi connectivity index (χ1n) is 5.58. The number of hydrogen-bond acceptors (Lipinski definition) is 5. The third-order valence-electron chi connectivity index (χ3n) is 2.42. The number of para-hydroxylation sites is 1. The fourth-order valence-corrected chi connectivity index (χ4v) is 1.67. The Balaban J connectivity index is 2.26. The number of anilines is 1. The van der Waals surface area contributed by atoms with Gasteiger partial charge in [0, 0.05) is 0 Å². The van der Waals surface area contributed by atoms with Gasteiger partial charge in [0.2, 0.25) is 0 Å². The van der Waals surface area contributed by atoms with E-state index in [1.54, 1.807) is 24.3 Å². The van der Waals surface area contributed by atoms with Crippen LogP contribution in [0, 0.1) is 0 Å². The zero-order chi connectivity index (χ0) is 14.5. The largest absolute Gasteiger partial charge is 0.465 e. The highest BCUT2D eigenvalue weighted by molar-refractivity contribution is 6.29. The van der Waals surface area contributed by atoms with Gasteiger partial charge in [0.15, 0.2) is 0 Å². The van der Waals surface area contributed by atoms with Crippen LogP contribution in [0.25, 0.3) is 0 Å². The van der Waals surface area contributed by atoms with Crippen LogP contribution >= 0.6 is 11.6 Å². The highest BCUT2D eigenvalue weighted by Gasteiger charge is 2.15. The van der Waals surface area contributed by atoms with Gasteiger partial charge in [-0.3, -0.25) is 9.78 Å². The number of nitrogens with zero attached hydrogens (tertiary/aromatic N) is 2. The molecule has 0 radical (unpaired) electrons. The molecule has 1 aromatic carbocycles. The molecule has 6 nitrogen and oxygen atoms in total. The van der Waals surface area contributed by atoms with Crippen LogP contribution in [0.5, 0.6) is 0 Å². The molecule has 0 atom stereocenters. The second-order valence-corrected chi connectivity index (χ2v) is 4.11. The minimum Gasteiger partial charge on any atom is -0.465 e. The van der Waals surface area contributed by atoms with Crippen LogP contribution in [-0.2, 0) is 4.74 Å². The monoisotopic (exact) mass is 291 g/mol. The molecule has 0 fully saturated rings. The summed E-state index contributed by atoms with van der Waals surface area (Å²) in [6.07, 6.45) is 2.60. The summed E-state index contributed by atoms with van der Waals surface area (Å²) in [6, 6.07) is 6.49. The van der Waals surface area contributed by atoms with E-state index in [1.165, 1.54) is 19.5 Å². The van der Waals surface area contributed by atoms with Crippen molar-refractivity contribution in [3.8, 4) is 0 Å². The number of carbonyl (C=O) groups excluding carboxylic acids is 2. The highest BCUT2D eigenvalue weighted by Crippen LogP contribution is 2.17. The maximum atomic E-state index is 12.0. The summed E-state index contributed by atoms with van der Waals surface area (Å²) in [5, 5.41) is 2.68. The number of esters is 1. The number of carbonyl (C=O) groups is 2. The summed E-state index contributed by atoms with van der Waals surface area (Å²) in [4.78, 5) is 31.2. The molecule has 1 aromatic heterocycles. The van der Waals surface area contributed by atoms with Crippen LogP contribution in [0.15, 0.2) is 36.7 Å². The number of methoxy groups -OCH3 is 1. The summed E-state index contributed by atoms with van der Waals surface area (Å²) >= 11 is 5.67. The van der Waals surface area contributed by atoms with Gasteiger partial charge in [-0.25, -0.2) is 9.78 Å². The van der Waals surface area contributed by atoms with Crippen LogP contribution in [0.4, 0.5) is 5.69 Å². The summed E-state index contributed by atoms with van der Waals surface area (Å²) in [5.41, 5.74) is 0.627. The van der Waals surface area contributed by atoms with Gasteiger partial charge >= 0.3 is 5.97 Å². The molecule has 0 aliphatic heterocycles. The molecule has 0 aliphatic carbocycles. The molecule has 102 valence electrons. The van der Waals surface area contributed by atoms with Gasteiger partial charge < -0.3 is 10.1 Å². The Hall–Kier alpha value is -2.47. The first-order valence-corrected chi connectivity index (χ1v) is 5.96. The fourth-order valence-electron chi connectivity index (χ4n) is 1.52. The number of amides is 1. The van der Waals surface area contributed by atoms with Crippen molar-refractivity contribution in [3.63, 3.8) is 0 Å². The minimum absolute atomic E-state index is 0.0529. The molecule has 1 amide bonds. The number of hydrogen-bond donors (Lipinski definition) is 1. The molecule has 0 saturated carbocycles. The fraction of sp³-hybridized carbons (Fsp3) is 0.0769. The normalized spacial score (nSPS) is 9.90. The van der Waals surface area contributed by atoms with E-state index in [-0.39, 0.29) is 16.4 Å². The minimum atomic E-state index is -0.543. The molecule has 0 unspecified atom stereocenters. The summed E-state index contributed by atoms with van der Waals surface area (Å²) in [6.45, 7) is 0. The number of nitrogens with one attached hydrogen (secondary N) is 1. The van der Waals surface area contributed by atoms with E-state index in [0.717, 1.165) is 0 Å². The Labute approximate surface area is 119 Å². The summed E-state index contributed by atoms with van der Waals surface area (Å²) in [5.74, 6) is -1.06. The van der Waals surface area contributed by atoms with E-state index >= 15 is 0 Å². The van der Waals surface area contributed by atoms with Crippen molar-refractivity contribution in [3.05, 3.63) is 53.1 Å². The Morgan fingerprint density at radius 1 is 1.25 bits per heavy atom. The second-order valence-electron chi connectivity index (χ2n) is 3.72. The molecule has 0 bridgehead atoms. The second kappa shape index (κ2) is 6.12. The van der Waals surface area contributed by atoms with Crippen molar-refractivity contribution in [1.29, 1.82) is 0 Å². The van der Waals surface area contributed by atoms with E-state index in [4.69, 9.17) is 11.6 Å². The Kier molecular flexibility index (Phi) is 4.27. The van der Waals surface area contributed by atoms with Crippen molar-refractivity contribution in [1.82, 2.24) is 9.97 Å². The lowest BCUT2D eigenvalue weighted by molar-refractivity contribution is 0.0602. The third kappa shape index (κ3) is 3.10. The average molecular weight is 292 g/mol. The number of halogens is 1. The van der Waals surface area contributed by atoms with Gasteiger partial charge in [-0.15, -0.1) is 0 Å². The van der Waals surface area contributed by atoms with Crippen LogP contribution in [0.3, 0.4) is 0 Å². The summed E-state index contributed by atoms with van der Waals surface area (Å²) < 4.78 is 4.64. The predicted octanol–water partition coefficient (Wildman–Crippen LogP) is 2.17. The van der Waals surface area contributed by atoms with Crippen molar-refractivity contribution in [2.24, 2.45) is 0 Å². The molecular weight excluding hydrogens is 282 g/mol. The molecule has 1 heterocycles. The summed E-state index contributed by atoms with van der Waals surface area (Å²) in [7, 11) is 1.27. The van der Waals surface area contributed by atoms with Gasteiger partial charge in [0.05, 0.1) is 30.8 Å². The lowest BCUT2D eigenvalue weighted by atomic mass is 10.1. The smallest absolute Gasteiger partial charge is 0.339 e. The molecule has 7 heteroatoms. The highest BCUT2D eigenvalue weighted by atomic mass is 35.5. The standard InChI is InChI=1S/C13H10ClN3O3/c1-20-13(19)8-4-2-3-5-9(8)17-12(18)10-6-15-7-11(14)16-10/h2-7H,1H3,(H,17,18). The Morgan fingerprint density at radius 3 is 2.70 bits per heavy atom. The maximum Gasteiger partial charge on any atom is 0.339 e. The zero-order valence-corrected chi connectivity index (χ0v) is 11.2. The van der Waals surface area contributed by atoms with Crippen LogP contribution in [0.1, 0.15) is 20.8 Å². The van der Waals surface area contributed by atoms with Gasteiger partial charge in [-0.05, 0) is 12.1 Å². The molecule has 2 rings (SSSR count). The molecule has 0 saturated heterocycles. The van der Waals surface area contributed by atoms with Gasteiger partial charge in [0.25, 0.3) is 5.91 Å². The van der Waals surface area contributed by atoms with E-state index in [9.17, 15) is 9.59 Å². The van der Waals surface area contributed by atoms with Gasteiger partial charge in [0.1, 0.15) is 10.8 Å². The molecule has 0 aliphatic rings. The van der Waals surface area contributed by atoms with Crippen molar-refractivity contribution in [2.75, 3.05) is 12.4 Å². The van der Waals surface area contributed by atoms with E-state index in [2.05, 4.69) is 20.0 Å². The van der Waals surface area contributed by atoms with Crippen LogP contribution in [-0.4, -0.2) is 29.0 Å². The van der Waals surface area contributed by atoms with E-state index < -0.39 is 11.9 Å². The first-order chi connectivity index (χ1) is 9.61. The number of ether oxygens (including phenoxy) is 1. The number of rotatable bonds is 3. The van der Waals surface area contributed by atoms with E-state index in [1.807, 2.05) is 0 Å². The quantitative estimate of drug-likeness (QED) is 0.877. The van der Waals surface area contributed by atoms with Crippen LogP contribution in [0.2, 0.25) is 5.15 Å². The topological polar surface area (TPSA) is 81.2 Å². The molecule has 2 aromatic rings. The molecular formula is C13H10ClN3O3. The van der Waals surface area contributed by atoms with Crippen molar-refractivity contribution >= 4 is 29.2 Å². The van der Waals surface area contributed by atoms with Gasteiger partial charge in [-0.2, -0.15) is 0 Å². The maximum absolute atomic E-state index is 12.0. The first kappa shape index (κ1) is 14.0. The Morgan fingerprint density at radius 2 is 2.00 bits per heavy atom. The predicted molar refractivity (Wildman–Crippen MR) is 72.8 cm³/mol. The number of aromatic nitrogens is 2. The third-order valence-corrected chi connectivity index (χ3v) is 2.60. The molecule has 20 heavy (non-hydrogen) atoms.